The van der Waals surface area contributed by atoms with Crippen LogP contribution < -0.4 is 0 Å². The van der Waals surface area contributed by atoms with Crippen molar-refractivity contribution in [2.24, 2.45) is 11.8 Å². The van der Waals surface area contributed by atoms with Gasteiger partial charge in [0, 0.05) is 6.61 Å². The van der Waals surface area contributed by atoms with E-state index >= 15 is 0 Å². The van der Waals surface area contributed by atoms with Gasteiger partial charge in [0.25, 0.3) is 0 Å². The Hall–Kier alpha value is -0.0800. The van der Waals surface area contributed by atoms with Crippen molar-refractivity contribution in [2.75, 3.05) is 6.61 Å². The summed E-state index contributed by atoms with van der Waals surface area (Å²) in [6.45, 7) is 10.7. The Kier molecular flexibility index (Phi) is 15.8. The first kappa shape index (κ1) is 19.3. The van der Waals surface area contributed by atoms with E-state index in [2.05, 4.69) is 6.92 Å². The highest BCUT2D eigenvalue weighted by atomic mass is 16.3. The van der Waals surface area contributed by atoms with Crippen molar-refractivity contribution < 1.29 is 10.2 Å². The average Bonchev–Trinajstić information content (AvgIpc) is 2.28. The molecule has 17 heavy (non-hydrogen) atoms. The molecule has 0 atom stereocenters. The highest BCUT2D eigenvalue weighted by Gasteiger charge is 2.11. The smallest absolute Gasteiger partial charge is 0.0586 e. The SMILES string of the molecule is CC(C)C(O)C(C)C.CCCCCCCCO. The van der Waals surface area contributed by atoms with Gasteiger partial charge in [-0.2, -0.15) is 0 Å². The molecule has 0 rings (SSSR count). The Morgan fingerprint density at radius 3 is 1.47 bits per heavy atom. The summed E-state index contributed by atoms with van der Waals surface area (Å²) >= 11 is 0. The Balaban J connectivity index is 0. The van der Waals surface area contributed by atoms with E-state index in [1.807, 2.05) is 27.7 Å². The maximum Gasteiger partial charge on any atom is 0.0586 e. The summed E-state index contributed by atoms with van der Waals surface area (Å²) in [4.78, 5) is 0. The van der Waals surface area contributed by atoms with Crippen LogP contribution in [0, 0.1) is 11.8 Å². The topological polar surface area (TPSA) is 40.5 Å². The van der Waals surface area contributed by atoms with Gasteiger partial charge >= 0.3 is 0 Å². The molecule has 0 aliphatic heterocycles. The molecule has 0 heterocycles. The molecule has 0 amide bonds. The van der Waals surface area contributed by atoms with Crippen LogP contribution in [0.25, 0.3) is 0 Å². The largest absolute Gasteiger partial charge is 0.396 e. The lowest BCUT2D eigenvalue weighted by atomic mass is 9.97. The van der Waals surface area contributed by atoms with Gasteiger partial charge in [-0.15, -0.1) is 0 Å². The minimum absolute atomic E-state index is 0.130. The summed E-state index contributed by atoms with van der Waals surface area (Å²) in [5.74, 6) is 0.796. The van der Waals surface area contributed by atoms with E-state index in [0.29, 0.717) is 18.4 Å². The fourth-order valence-electron chi connectivity index (χ4n) is 1.66. The summed E-state index contributed by atoms with van der Waals surface area (Å²) in [6, 6.07) is 0. The molecular weight excluding hydrogens is 212 g/mol. The first-order chi connectivity index (χ1) is 7.97. The Labute approximate surface area is 108 Å². The highest BCUT2D eigenvalue weighted by molar-refractivity contribution is 4.62. The molecule has 2 heteroatoms. The standard InChI is InChI=1S/C8H18O.C7H16O/c1-2-3-4-5-6-7-8-9;1-5(2)7(8)6(3)4/h9H,2-8H2,1H3;5-8H,1-4H3. The third-order valence-corrected chi connectivity index (χ3v) is 2.88. The first-order valence-corrected chi connectivity index (χ1v) is 7.26. The summed E-state index contributed by atoms with van der Waals surface area (Å²) in [6.07, 6.45) is 7.37. The summed E-state index contributed by atoms with van der Waals surface area (Å²) in [7, 11) is 0. The van der Waals surface area contributed by atoms with Crippen molar-refractivity contribution in [1.29, 1.82) is 0 Å². The van der Waals surface area contributed by atoms with Gasteiger partial charge in [0.15, 0.2) is 0 Å². The van der Waals surface area contributed by atoms with Crippen LogP contribution in [-0.4, -0.2) is 22.9 Å². The van der Waals surface area contributed by atoms with Crippen LogP contribution in [0.3, 0.4) is 0 Å². The predicted molar refractivity (Wildman–Crippen MR) is 76.1 cm³/mol. The van der Waals surface area contributed by atoms with Crippen LogP contribution in [0.2, 0.25) is 0 Å². The fraction of sp³-hybridized carbons (Fsp3) is 1.00. The van der Waals surface area contributed by atoms with Gasteiger partial charge in [-0.3, -0.25) is 0 Å². The third kappa shape index (κ3) is 15.9. The van der Waals surface area contributed by atoms with E-state index in [0.717, 1.165) is 6.42 Å². The van der Waals surface area contributed by atoms with E-state index < -0.39 is 0 Å². The van der Waals surface area contributed by atoms with Gasteiger partial charge in [-0.25, -0.2) is 0 Å². The molecular formula is C15H34O2. The second-order valence-electron chi connectivity index (χ2n) is 5.47. The maximum absolute atomic E-state index is 9.20. The van der Waals surface area contributed by atoms with Gasteiger partial charge in [-0.1, -0.05) is 66.7 Å². The zero-order valence-electron chi connectivity index (χ0n) is 12.6. The number of hydrogen-bond acceptors (Lipinski definition) is 2. The molecule has 0 aromatic rings. The molecule has 0 unspecified atom stereocenters. The zero-order valence-corrected chi connectivity index (χ0v) is 12.6. The monoisotopic (exact) mass is 246 g/mol. The number of aliphatic hydroxyl groups is 2. The fourth-order valence-corrected chi connectivity index (χ4v) is 1.66. The second-order valence-corrected chi connectivity index (χ2v) is 5.47. The molecule has 0 aliphatic rings. The highest BCUT2D eigenvalue weighted by Crippen LogP contribution is 2.10. The van der Waals surface area contributed by atoms with Crippen LogP contribution in [0.4, 0.5) is 0 Å². The molecule has 2 N–H and O–H groups in total. The third-order valence-electron chi connectivity index (χ3n) is 2.88. The quantitative estimate of drug-likeness (QED) is 0.636. The van der Waals surface area contributed by atoms with E-state index in [1.54, 1.807) is 0 Å². The summed E-state index contributed by atoms with van der Waals surface area (Å²) in [5, 5.41) is 17.6. The van der Waals surface area contributed by atoms with E-state index in [9.17, 15) is 5.11 Å². The van der Waals surface area contributed by atoms with Crippen LogP contribution in [0.5, 0.6) is 0 Å². The number of rotatable bonds is 8. The van der Waals surface area contributed by atoms with Gasteiger partial charge in [0.1, 0.15) is 0 Å². The van der Waals surface area contributed by atoms with Crippen molar-refractivity contribution in [3.63, 3.8) is 0 Å². The summed E-state index contributed by atoms with van der Waals surface area (Å²) in [5.41, 5.74) is 0. The van der Waals surface area contributed by atoms with Crippen LogP contribution >= 0.6 is 0 Å². The van der Waals surface area contributed by atoms with Crippen molar-refractivity contribution in [3.8, 4) is 0 Å². The van der Waals surface area contributed by atoms with Gasteiger partial charge < -0.3 is 10.2 Å². The van der Waals surface area contributed by atoms with E-state index in [1.165, 1.54) is 32.1 Å². The maximum atomic E-state index is 9.20. The molecule has 106 valence electrons. The lowest BCUT2D eigenvalue weighted by Gasteiger charge is -2.17. The number of aliphatic hydroxyl groups excluding tert-OH is 2. The lowest BCUT2D eigenvalue weighted by Crippen LogP contribution is -2.20. The molecule has 0 saturated heterocycles. The first-order valence-electron chi connectivity index (χ1n) is 7.26. The summed E-state index contributed by atoms with van der Waals surface area (Å²) < 4.78 is 0. The van der Waals surface area contributed by atoms with Gasteiger partial charge in [-0.05, 0) is 18.3 Å². The van der Waals surface area contributed by atoms with Crippen LogP contribution in [0.15, 0.2) is 0 Å². The van der Waals surface area contributed by atoms with Gasteiger partial charge in [0.2, 0.25) is 0 Å². The minimum atomic E-state index is -0.130. The zero-order chi connectivity index (χ0) is 13.7. The Bertz CT molecular complexity index is 119. The predicted octanol–water partition coefficient (Wildman–Crippen LogP) is 4.00. The molecule has 0 aromatic heterocycles. The molecule has 0 fully saturated rings. The normalized spacial score (nSPS) is 10.9. The average molecular weight is 246 g/mol. The Morgan fingerprint density at radius 2 is 1.18 bits per heavy atom. The molecule has 0 bridgehead atoms. The molecule has 0 saturated carbocycles. The van der Waals surface area contributed by atoms with Crippen LogP contribution in [-0.2, 0) is 0 Å². The van der Waals surface area contributed by atoms with E-state index in [-0.39, 0.29) is 6.10 Å². The van der Waals surface area contributed by atoms with Crippen molar-refractivity contribution in [3.05, 3.63) is 0 Å². The van der Waals surface area contributed by atoms with E-state index in [4.69, 9.17) is 5.11 Å². The molecule has 0 aliphatic carbocycles. The second kappa shape index (κ2) is 14.0. The van der Waals surface area contributed by atoms with Crippen molar-refractivity contribution in [2.45, 2.75) is 79.2 Å². The number of unbranched alkanes of at least 4 members (excludes halogenated alkanes) is 5. The molecule has 0 spiro atoms. The Morgan fingerprint density at radius 1 is 0.765 bits per heavy atom. The molecule has 0 aromatic carbocycles. The van der Waals surface area contributed by atoms with Crippen LogP contribution in [0.1, 0.15) is 73.1 Å². The van der Waals surface area contributed by atoms with Crippen molar-refractivity contribution in [1.82, 2.24) is 0 Å². The molecule has 0 radical (unpaired) electrons. The minimum Gasteiger partial charge on any atom is -0.396 e. The molecule has 2 nitrogen and oxygen atoms in total. The lowest BCUT2D eigenvalue weighted by molar-refractivity contribution is 0.0801. The van der Waals surface area contributed by atoms with Gasteiger partial charge in [0.05, 0.1) is 6.10 Å². The van der Waals surface area contributed by atoms with Crippen molar-refractivity contribution >= 4 is 0 Å². The number of hydrogen-bond donors (Lipinski definition) is 2.